The smallest absolute Gasteiger partial charge is 0.274 e. The molecular weight excluding hydrogens is 282 g/mol. The molecule has 6 heteroatoms. The molecule has 0 aliphatic carbocycles. The van der Waals surface area contributed by atoms with Crippen LogP contribution in [0, 0.1) is 0 Å². The quantitative estimate of drug-likeness (QED) is 0.646. The SMILES string of the molecule is O=C(/C=C/c1ccco1)Nc1[nH][nH]c(=O)c1-c1ccccc1. The zero-order valence-corrected chi connectivity index (χ0v) is 11.5. The van der Waals surface area contributed by atoms with Gasteiger partial charge in [0.1, 0.15) is 11.6 Å². The van der Waals surface area contributed by atoms with E-state index in [1.165, 1.54) is 12.3 Å². The van der Waals surface area contributed by atoms with Gasteiger partial charge in [0.15, 0.2) is 0 Å². The first-order valence-corrected chi connectivity index (χ1v) is 6.62. The normalized spacial score (nSPS) is 10.9. The monoisotopic (exact) mass is 295 g/mol. The Morgan fingerprint density at radius 1 is 1.09 bits per heavy atom. The lowest BCUT2D eigenvalue weighted by molar-refractivity contribution is -0.111. The molecule has 0 unspecified atom stereocenters. The summed E-state index contributed by atoms with van der Waals surface area (Å²) in [4.78, 5) is 23.8. The Kier molecular flexibility index (Phi) is 3.74. The number of rotatable bonds is 4. The average Bonchev–Trinajstić information content (AvgIpc) is 3.16. The predicted octanol–water partition coefficient (Wildman–Crippen LogP) is 2.61. The first kappa shape index (κ1) is 13.7. The standard InChI is InChI=1S/C16H13N3O3/c20-13(9-8-12-7-4-10-22-12)17-15-14(16(21)19-18-15)11-5-2-1-3-6-11/h1-10H,(H3,17,18,19,20,21)/b9-8+. The highest BCUT2D eigenvalue weighted by molar-refractivity contribution is 6.03. The van der Waals surface area contributed by atoms with Crippen molar-refractivity contribution in [3.8, 4) is 11.1 Å². The van der Waals surface area contributed by atoms with Gasteiger partial charge in [0.25, 0.3) is 5.56 Å². The van der Waals surface area contributed by atoms with E-state index in [9.17, 15) is 9.59 Å². The van der Waals surface area contributed by atoms with Gasteiger partial charge < -0.3 is 9.73 Å². The second kappa shape index (κ2) is 6.01. The Hall–Kier alpha value is -3.28. The number of H-pyrrole nitrogens is 2. The van der Waals surface area contributed by atoms with Gasteiger partial charge in [-0.2, -0.15) is 0 Å². The van der Waals surface area contributed by atoms with Crippen LogP contribution in [0.1, 0.15) is 5.76 Å². The van der Waals surface area contributed by atoms with Crippen molar-refractivity contribution >= 4 is 17.8 Å². The first-order chi connectivity index (χ1) is 10.7. The van der Waals surface area contributed by atoms with Gasteiger partial charge >= 0.3 is 0 Å². The van der Waals surface area contributed by atoms with Crippen molar-refractivity contribution in [1.29, 1.82) is 0 Å². The van der Waals surface area contributed by atoms with E-state index >= 15 is 0 Å². The maximum absolute atomic E-state index is 11.9. The third-order valence-corrected chi connectivity index (χ3v) is 3.03. The van der Waals surface area contributed by atoms with Gasteiger partial charge in [-0.3, -0.25) is 19.8 Å². The van der Waals surface area contributed by atoms with E-state index in [1.54, 1.807) is 30.3 Å². The molecule has 2 heterocycles. The molecule has 3 rings (SSSR count). The van der Waals surface area contributed by atoms with Crippen LogP contribution < -0.4 is 10.9 Å². The van der Waals surface area contributed by atoms with Gasteiger partial charge in [-0.15, -0.1) is 0 Å². The zero-order chi connectivity index (χ0) is 15.4. The minimum atomic E-state index is -0.371. The summed E-state index contributed by atoms with van der Waals surface area (Å²) in [5, 5.41) is 7.78. The molecule has 3 N–H and O–H groups in total. The van der Waals surface area contributed by atoms with Crippen LogP contribution in [0.4, 0.5) is 5.82 Å². The highest BCUT2D eigenvalue weighted by Crippen LogP contribution is 2.21. The second-order valence-corrected chi connectivity index (χ2v) is 4.53. The van der Waals surface area contributed by atoms with E-state index in [2.05, 4.69) is 15.5 Å². The molecule has 0 fully saturated rings. The van der Waals surface area contributed by atoms with E-state index < -0.39 is 0 Å². The van der Waals surface area contributed by atoms with E-state index in [0.29, 0.717) is 17.1 Å². The van der Waals surface area contributed by atoms with Gasteiger partial charge in [0.2, 0.25) is 5.91 Å². The number of aromatic amines is 2. The number of amides is 1. The molecule has 3 aromatic rings. The molecule has 110 valence electrons. The van der Waals surface area contributed by atoms with Crippen molar-refractivity contribution in [2.45, 2.75) is 0 Å². The van der Waals surface area contributed by atoms with Crippen LogP contribution in [-0.2, 0) is 4.79 Å². The molecule has 6 nitrogen and oxygen atoms in total. The Morgan fingerprint density at radius 2 is 1.91 bits per heavy atom. The molecule has 0 aliphatic heterocycles. The molecule has 1 amide bonds. The van der Waals surface area contributed by atoms with Gasteiger partial charge in [-0.1, -0.05) is 30.3 Å². The van der Waals surface area contributed by atoms with Crippen LogP contribution in [0.5, 0.6) is 0 Å². The van der Waals surface area contributed by atoms with Crippen LogP contribution in [0.25, 0.3) is 17.2 Å². The van der Waals surface area contributed by atoms with E-state index in [0.717, 1.165) is 5.56 Å². The van der Waals surface area contributed by atoms with Gasteiger partial charge in [-0.25, -0.2) is 0 Å². The molecule has 0 saturated heterocycles. The van der Waals surface area contributed by atoms with Gasteiger partial charge in [0, 0.05) is 6.08 Å². The van der Waals surface area contributed by atoms with E-state index in [1.807, 2.05) is 18.2 Å². The van der Waals surface area contributed by atoms with E-state index in [-0.39, 0.29) is 11.5 Å². The lowest BCUT2D eigenvalue weighted by Crippen LogP contribution is -2.10. The fourth-order valence-corrected chi connectivity index (χ4v) is 2.04. The summed E-state index contributed by atoms with van der Waals surface area (Å²) >= 11 is 0. The molecule has 0 bridgehead atoms. The maximum atomic E-state index is 11.9. The summed E-state index contributed by atoms with van der Waals surface area (Å²) in [5.41, 5.74) is 0.812. The molecule has 0 saturated carbocycles. The van der Waals surface area contributed by atoms with Crippen LogP contribution >= 0.6 is 0 Å². The number of hydrogen-bond donors (Lipinski definition) is 3. The number of carbonyl (C=O) groups excluding carboxylic acids is 1. The Balaban J connectivity index is 1.82. The third-order valence-electron chi connectivity index (χ3n) is 3.03. The molecule has 0 aliphatic rings. The minimum absolute atomic E-state index is 0.295. The van der Waals surface area contributed by atoms with Crippen molar-refractivity contribution < 1.29 is 9.21 Å². The molecule has 2 aromatic heterocycles. The summed E-state index contributed by atoms with van der Waals surface area (Å²) < 4.78 is 5.10. The first-order valence-electron chi connectivity index (χ1n) is 6.62. The Morgan fingerprint density at radius 3 is 2.64 bits per heavy atom. The maximum Gasteiger partial charge on any atom is 0.274 e. The van der Waals surface area contributed by atoms with Crippen LogP contribution in [-0.4, -0.2) is 16.1 Å². The summed E-state index contributed by atoms with van der Waals surface area (Å²) in [5.74, 6) is 0.523. The topological polar surface area (TPSA) is 90.9 Å². The summed E-state index contributed by atoms with van der Waals surface area (Å²) in [6.07, 6.45) is 4.40. The number of nitrogens with one attached hydrogen (secondary N) is 3. The van der Waals surface area contributed by atoms with Crippen molar-refractivity contribution in [3.05, 3.63) is 70.9 Å². The third kappa shape index (κ3) is 2.90. The number of furan rings is 1. The lowest BCUT2D eigenvalue weighted by Gasteiger charge is -2.02. The highest BCUT2D eigenvalue weighted by atomic mass is 16.3. The summed E-state index contributed by atoms with van der Waals surface area (Å²) in [6.45, 7) is 0. The van der Waals surface area contributed by atoms with Gasteiger partial charge in [-0.05, 0) is 23.8 Å². The van der Waals surface area contributed by atoms with Crippen molar-refractivity contribution in [2.24, 2.45) is 0 Å². The predicted molar refractivity (Wildman–Crippen MR) is 83.2 cm³/mol. The zero-order valence-electron chi connectivity index (χ0n) is 11.5. The summed E-state index contributed by atoms with van der Waals surface area (Å²) in [6, 6.07) is 12.6. The minimum Gasteiger partial charge on any atom is -0.465 e. The lowest BCUT2D eigenvalue weighted by atomic mass is 10.1. The number of anilines is 1. The Bertz CT molecular complexity index is 842. The molecule has 22 heavy (non-hydrogen) atoms. The fraction of sp³-hybridized carbons (Fsp3) is 0. The summed E-state index contributed by atoms with van der Waals surface area (Å²) in [7, 11) is 0. The number of benzene rings is 1. The van der Waals surface area contributed by atoms with Crippen LogP contribution in [0.2, 0.25) is 0 Å². The number of carbonyl (C=O) groups is 1. The van der Waals surface area contributed by atoms with Crippen LogP contribution in [0.3, 0.4) is 0 Å². The van der Waals surface area contributed by atoms with Crippen molar-refractivity contribution in [1.82, 2.24) is 10.2 Å². The molecule has 1 aromatic carbocycles. The number of aromatic nitrogens is 2. The highest BCUT2D eigenvalue weighted by Gasteiger charge is 2.13. The van der Waals surface area contributed by atoms with Gasteiger partial charge in [0.05, 0.1) is 11.8 Å². The molecule has 0 radical (unpaired) electrons. The Labute approximate surface area is 125 Å². The number of hydrogen-bond acceptors (Lipinski definition) is 3. The molecular formula is C16H13N3O3. The fourth-order valence-electron chi connectivity index (χ4n) is 2.04. The largest absolute Gasteiger partial charge is 0.465 e. The molecule has 0 spiro atoms. The van der Waals surface area contributed by atoms with E-state index in [4.69, 9.17) is 4.42 Å². The van der Waals surface area contributed by atoms with Crippen molar-refractivity contribution in [3.63, 3.8) is 0 Å². The van der Waals surface area contributed by atoms with Crippen molar-refractivity contribution in [2.75, 3.05) is 5.32 Å². The second-order valence-electron chi connectivity index (χ2n) is 4.53. The average molecular weight is 295 g/mol. The molecule has 0 atom stereocenters. The van der Waals surface area contributed by atoms with Crippen LogP contribution in [0.15, 0.2) is 64.0 Å².